The Hall–Kier alpha value is -2.38. The van der Waals surface area contributed by atoms with E-state index in [1.807, 2.05) is 24.3 Å². The van der Waals surface area contributed by atoms with Gasteiger partial charge in [0.2, 0.25) is 0 Å². The minimum absolute atomic E-state index is 0.504. The van der Waals surface area contributed by atoms with Crippen LogP contribution in [0.5, 0.6) is 0 Å². The van der Waals surface area contributed by atoms with Crippen LogP contribution in [0, 0.1) is 0 Å². The zero-order valence-electron chi connectivity index (χ0n) is 11.7. The molecular weight excluding hydrogens is 256 g/mol. The van der Waals surface area contributed by atoms with Crippen LogP contribution in [0.4, 0.5) is 0 Å². The van der Waals surface area contributed by atoms with Crippen LogP contribution in [0.2, 0.25) is 0 Å². The quantitative estimate of drug-likeness (QED) is 0.735. The molecule has 4 rings (SSSR count). The van der Waals surface area contributed by atoms with Gasteiger partial charge in [-0.15, -0.1) is 0 Å². The molecule has 0 aromatic heterocycles. The van der Waals surface area contributed by atoms with Gasteiger partial charge in [0.05, 0.1) is 0 Å². The van der Waals surface area contributed by atoms with Crippen LogP contribution in [0.1, 0.15) is 28.4 Å². The second kappa shape index (κ2) is 4.87. The number of hydrogen-bond donors (Lipinski definition) is 1. The lowest BCUT2D eigenvalue weighted by molar-refractivity contribution is 0.224. The van der Waals surface area contributed by atoms with Gasteiger partial charge in [0.15, 0.2) is 0 Å². The van der Waals surface area contributed by atoms with Crippen LogP contribution in [0.3, 0.4) is 0 Å². The maximum Gasteiger partial charge on any atom is 0.106 e. The number of aliphatic hydroxyl groups is 1. The molecule has 21 heavy (non-hydrogen) atoms. The first-order valence-electron chi connectivity index (χ1n) is 7.27. The molecule has 1 nitrogen and oxygen atoms in total. The van der Waals surface area contributed by atoms with E-state index < -0.39 is 6.10 Å². The Kier molecular flexibility index (Phi) is 2.87. The Balaban J connectivity index is 1.83. The van der Waals surface area contributed by atoms with Crippen LogP contribution in [0.25, 0.3) is 11.1 Å². The van der Waals surface area contributed by atoms with Crippen molar-refractivity contribution in [3.8, 4) is 11.1 Å². The smallest absolute Gasteiger partial charge is 0.106 e. The average Bonchev–Trinajstić information content (AvgIpc) is 2.83. The molecule has 0 aliphatic heterocycles. The number of fused-ring (bicyclic) bond motifs is 3. The van der Waals surface area contributed by atoms with E-state index in [1.165, 1.54) is 16.7 Å². The molecule has 1 aliphatic carbocycles. The fourth-order valence-corrected chi connectivity index (χ4v) is 3.28. The molecule has 1 heteroatoms. The molecule has 3 aromatic carbocycles. The van der Waals surface area contributed by atoms with Crippen molar-refractivity contribution >= 4 is 0 Å². The summed E-state index contributed by atoms with van der Waals surface area (Å²) in [6, 6.07) is 24.9. The lowest BCUT2D eigenvalue weighted by atomic mass is 9.95. The highest BCUT2D eigenvalue weighted by molar-refractivity contribution is 5.79. The molecular formula is C20H16O. The molecule has 0 saturated carbocycles. The second-order valence-electron chi connectivity index (χ2n) is 5.53. The van der Waals surface area contributed by atoms with Gasteiger partial charge in [-0.2, -0.15) is 0 Å². The van der Waals surface area contributed by atoms with Gasteiger partial charge in [-0.25, -0.2) is 0 Å². The fourth-order valence-electron chi connectivity index (χ4n) is 3.28. The number of benzene rings is 3. The summed E-state index contributed by atoms with van der Waals surface area (Å²) in [6.07, 6.45) is 0.353. The van der Waals surface area contributed by atoms with Crippen LogP contribution in [0.15, 0.2) is 72.8 Å². The molecule has 0 heterocycles. The highest BCUT2D eigenvalue weighted by atomic mass is 16.3. The summed E-state index contributed by atoms with van der Waals surface area (Å²) in [4.78, 5) is 0. The first-order chi connectivity index (χ1) is 10.3. The third kappa shape index (κ3) is 1.98. The third-order valence-corrected chi connectivity index (χ3v) is 4.25. The van der Waals surface area contributed by atoms with Crippen molar-refractivity contribution in [2.75, 3.05) is 0 Å². The molecule has 1 atom stereocenters. The topological polar surface area (TPSA) is 20.2 Å². The third-order valence-electron chi connectivity index (χ3n) is 4.25. The lowest BCUT2D eigenvalue weighted by Crippen LogP contribution is -2.00. The monoisotopic (exact) mass is 272 g/mol. The molecule has 0 saturated heterocycles. The summed E-state index contributed by atoms with van der Waals surface area (Å²) in [5.74, 6) is 0. The summed E-state index contributed by atoms with van der Waals surface area (Å²) < 4.78 is 0. The van der Waals surface area contributed by atoms with E-state index in [0.29, 0.717) is 0 Å². The maximum absolute atomic E-state index is 10.7. The van der Waals surface area contributed by atoms with Gasteiger partial charge in [0.1, 0.15) is 6.10 Å². The van der Waals surface area contributed by atoms with E-state index in [9.17, 15) is 5.11 Å². The molecule has 0 bridgehead atoms. The first-order valence-corrected chi connectivity index (χ1v) is 7.27. The average molecular weight is 272 g/mol. The molecule has 3 aromatic rings. The van der Waals surface area contributed by atoms with Gasteiger partial charge in [0, 0.05) is 0 Å². The minimum Gasteiger partial charge on any atom is -0.384 e. The normalized spacial score (nSPS) is 15.6. The van der Waals surface area contributed by atoms with Crippen molar-refractivity contribution in [2.45, 2.75) is 12.5 Å². The summed E-state index contributed by atoms with van der Waals surface area (Å²) >= 11 is 0. The van der Waals surface area contributed by atoms with E-state index in [4.69, 9.17) is 0 Å². The van der Waals surface area contributed by atoms with Gasteiger partial charge >= 0.3 is 0 Å². The molecule has 0 spiro atoms. The fraction of sp³-hybridized carbons (Fsp3) is 0.100. The van der Waals surface area contributed by atoms with Gasteiger partial charge < -0.3 is 5.11 Å². The van der Waals surface area contributed by atoms with Gasteiger partial charge in [-0.05, 0) is 39.8 Å². The van der Waals surface area contributed by atoms with Gasteiger partial charge in [-0.3, -0.25) is 0 Å². The molecule has 0 fully saturated rings. The van der Waals surface area contributed by atoms with Crippen LogP contribution < -0.4 is 0 Å². The number of aliphatic hydroxyl groups excluding tert-OH is 1. The number of hydrogen-bond acceptors (Lipinski definition) is 1. The van der Waals surface area contributed by atoms with Gasteiger partial charge in [0.25, 0.3) is 0 Å². The number of rotatable bonds is 2. The maximum atomic E-state index is 10.7. The second-order valence-corrected chi connectivity index (χ2v) is 5.53. The molecule has 1 unspecified atom stereocenters. The van der Waals surface area contributed by atoms with E-state index >= 15 is 0 Å². The largest absolute Gasteiger partial charge is 0.384 e. The Morgan fingerprint density at radius 2 is 1.43 bits per heavy atom. The molecule has 0 amide bonds. The Labute approximate surface area is 124 Å². The SMILES string of the molecule is OC1c2ccccc2-c2cccc(Cc3ccccc3)c21. The highest BCUT2D eigenvalue weighted by Crippen LogP contribution is 2.45. The summed E-state index contributed by atoms with van der Waals surface area (Å²) in [5.41, 5.74) is 6.91. The van der Waals surface area contributed by atoms with E-state index in [-0.39, 0.29) is 0 Å². The van der Waals surface area contributed by atoms with Crippen molar-refractivity contribution in [3.63, 3.8) is 0 Å². The molecule has 1 N–H and O–H groups in total. The van der Waals surface area contributed by atoms with E-state index in [0.717, 1.165) is 23.1 Å². The minimum atomic E-state index is -0.504. The van der Waals surface area contributed by atoms with Crippen molar-refractivity contribution in [1.82, 2.24) is 0 Å². The van der Waals surface area contributed by atoms with Crippen molar-refractivity contribution in [1.29, 1.82) is 0 Å². The molecule has 1 aliphatic rings. The van der Waals surface area contributed by atoms with Crippen molar-refractivity contribution in [2.24, 2.45) is 0 Å². The zero-order chi connectivity index (χ0) is 14.2. The first kappa shape index (κ1) is 12.4. The van der Waals surface area contributed by atoms with Crippen LogP contribution in [-0.2, 0) is 6.42 Å². The predicted octanol–water partition coefficient (Wildman–Crippen LogP) is 4.34. The summed E-state index contributed by atoms with van der Waals surface area (Å²) in [6.45, 7) is 0. The standard InChI is InChI=1S/C20H16O/c21-20-18-11-5-4-10-16(18)17-12-6-9-15(19(17)20)13-14-7-2-1-3-8-14/h1-12,20-21H,13H2. The van der Waals surface area contributed by atoms with E-state index in [2.05, 4.69) is 48.5 Å². The summed E-state index contributed by atoms with van der Waals surface area (Å²) in [7, 11) is 0. The highest BCUT2D eigenvalue weighted by Gasteiger charge is 2.28. The lowest BCUT2D eigenvalue weighted by Gasteiger charge is -2.12. The summed E-state index contributed by atoms with van der Waals surface area (Å²) in [5, 5.41) is 10.7. The molecule has 0 radical (unpaired) electrons. The zero-order valence-corrected chi connectivity index (χ0v) is 11.7. The molecule has 102 valence electrons. The van der Waals surface area contributed by atoms with Crippen LogP contribution >= 0.6 is 0 Å². The predicted molar refractivity (Wildman–Crippen MR) is 85.2 cm³/mol. The van der Waals surface area contributed by atoms with Gasteiger partial charge in [-0.1, -0.05) is 72.8 Å². The van der Waals surface area contributed by atoms with E-state index in [1.54, 1.807) is 0 Å². The Bertz CT molecular complexity index is 790. The Morgan fingerprint density at radius 3 is 2.29 bits per heavy atom. The van der Waals surface area contributed by atoms with Crippen LogP contribution in [-0.4, -0.2) is 5.11 Å². The Morgan fingerprint density at radius 1 is 0.714 bits per heavy atom. The van der Waals surface area contributed by atoms with Crippen molar-refractivity contribution in [3.05, 3.63) is 95.1 Å². The van der Waals surface area contributed by atoms with Crippen molar-refractivity contribution < 1.29 is 5.11 Å².